The Morgan fingerprint density at radius 2 is 1.57 bits per heavy atom. The van der Waals surface area contributed by atoms with Gasteiger partial charge < -0.3 is 24.4 Å². The lowest BCUT2D eigenvalue weighted by Gasteiger charge is -2.33. The highest BCUT2D eigenvalue weighted by molar-refractivity contribution is 5.77. The van der Waals surface area contributed by atoms with Crippen molar-refractivity contribution >= 4 is 11.6 Å². The summed E-state index contributed by atoms with van der Waals surface area (Å²) in [6.07, 6.45) is 1.66. The zero-order valence-corrected chi connectivity index (χ0v) is 23.1. The van der Waals surface area contributed by atoms with Gasteiger partial charge in [0.25, 0.3) is 0 Å². The lowest BCUT2D eigenvalue weighted by atomic mass is 10.0. The number of nitrogens with zero attached hydrogens (tertiary/aromatic N) is 1. The Kier molecular flexibility index (Phi) is 8.86. The van der Waals surface area contributed by atoms with Crippen LogP contribution < -0.4 is 19.5 Å². The van der Waals surface area contributed by atoms with Gasteiger partial charge in [-0.25, -0.2) is 0 Å². The van der Waals surface area contributed by atoms with Crippen LogP contribution in [0, 0.1) is 0 Å². The van der Waals surface area contributed by atoms with Gasteiger partial charge in [-0.2, -0.15) is 0 Å². The van der Waals surface area contributed by atoms with Gasteiger partial charge in [0.2, 0.25) is 5.91 Å². The molecule has 0 aliphatic carbocycles. The molecule has 0 radical (unpaired) electrons. The molecule has 5 rings (SSSR count). The van der Waals surface area contributed by atoms with Crippen LogP contribution in [0.25, 0.3) is 0 Å². The van der Waals surface area contributed by atoms with Crippen molar-refractivity contribution in [1.82, 2.24) is 4.90 Å². The molecular formula is C34H36N2O4. The predicted molar refractivity (Wildman–Crippen MR) is 158 cm³/mol. The van der Waals surface area contributed by atoms with Gasteiger partial charge in [0, 0.05) is 30.8 Å². The first-order chi connectivity index (χ1) is 19.6. The molecule has 4 aromatic rings. The maximum atomic E-state index is 14.0. The number of ether oxygens (including phenoxy) is 3. The molecule has 1 atom stereocenters. The fraction of sp³-hybridized carbons (Fsp3) is 0.265. The van der Waals surface area contributed by atoms with E-state index < -0.39 is 0 Å². The molecule has 1 aliphatic heterocycles. The monoisotopic (exact) mass is 536 g/mol. The predicted octanol–water partition coefficient (Wildman–Crippen LogP) is 6.28. The standard InChI is InChI=1S/C34H36N2O4/c1-38-32-18-16-26(21-33(32)39-2)17-19-34(37)36-23-28-13-6-8-14-30(28)35-22-27-12-7-9-15-31(27)40-24-29(36)20-25-10-4-3-5-11-25/h3-16,18,21,29,35H,17,19-20,22-24H2,1-2H3/t29-/m0/s1. The average Bonchev–Trinajstić information content (AvgIpc) is 3.03. The first-order valence-corrected chi connectivity index (χ1v) is 13.7. The number of hydrogen-bond donors (Lipinski definition) is 1. The van der Waals surface area contributed by atoms with Crippen LogP contribution in [0.4, 0.5) is 5.69 Å². The van der Waals surface area contributed by atoms with Crippen LogP contribution in [0.15, 0.2) is 97.1 Å². The quantitative estimate of drug-likeness (QED) is 0.301. The normalized spacial score (nSPS) is 14.9. The number of para-hydroxylation sites is 2. The van der Waals surface area contributed by atoms with E-state index in [0.717, 1.165) is 28.1 Å². The zero-order chi connectivity index (χ0) is 27.7. The van der Waals surface area contributed by atoms with Gasteiger partial charge in [0.15, 0.2) is 11.5 Å². The van der Waals surface area contributed by atoms with Crippen molar-refractivity contribution in [2.45, 2.75) is 38.4 Å². The number of amides is 1. The molecule has 0 saturated carbocycles. The molecule has 0 aromatic heterocycles. The highest BCUT2D eigenvalue weighted by Crippen LogP contribution is 2.29. The number of rotatable bonds is 7. The second-order valence-corrected chi connectivity index (χ2v) is 9.98. The van der Waals surface area contributed by atoms with Crippen LogP contribution in [0.5, 0.6) is 17.2 Å². The van der Waals surface area contributed by atoms with Gasteiger partial charge in [0.05, 0.1) is 20.3 Å². The van der Waals surface area contributed by atoms with Gasteiger partial charge in [-0.05, 0) is 53.8 Å². The molecule has 6 nitrogen and oxygen atoms in total. The Labute approximate surface area is 236 Å². The lowest BCUT2D eigenvalue weighted by Crippen LogP contribution is -2.44. The third-order valence-electron chi connectivity index (χ3n) is 7.38. The molecule has 6 heteroatoms. The van der Waals surface area contributed by atoms with E-state index in [1.807, 2.05) is 71.6 Å². The van der Waals surface area contributed by atoms with Gasteiger partial charge in [-0.15, -0.1) is 0 Å². The SMILES string of the molecule is COc1ccc(CCC(=O)N2Cc3ccccc3NCc3ccccc3OC[C@@H]2Cc2ccccc2)cc1OC. The third-order valence-corrected chi connectivity index (χ3v) is 7.38. The minimum Gasteiger partial charge on any atom is -0.493 e. The molecule has 4 aromatic carbocycles. The third kappa shape index (κ3) is 6.57. The molecule has 0 spiro atoms. The van der Waals surface area contributed by atoms with Crippen molar-refractivity contribution < 1.29 is 19.0 Å². The molecule has 0 bridgehead atoms. The summed E-state index contributed by atoms with van der Waals surface area (Å²) in [4.78, 5) is 16.1. The summed E-state index contributed by atoms with van der Waals surface area (Å²) in [5.41, 5.74) is 5.39. The summed E-state index contributed by atoms with van der Waals surface area (Å²) in [7, 11) is 3.25. The number of carbonyl (C=O) groups excluding carboxylic acids is 1. The Morgan fingerprint density at radius 1 is 0.850 bits per heavy atom. The Bertz CT molecular complexity index is 1420. The summed E-state index contributed by atoms with van der Waals surface area (Å²) in [6.45, 7) is 1.53. The van der Waals surface area contributed by atoms with Gasteiger partial charge in [0.1, 0.15) is 12.4 Å². The van der Waals surface area contributed by atoms with Crippen molar-refractivity contribution in [1.29, 1.82) is 0 Å². The zero-order valence-electron chi connectivity index (χ0n) is 23.1. The summed E-state index contributed by atoms with van der Waals surface area (Å²) in [6, 6.07) is 32.3. The number of hydrogen-bond acceptors (Lipinski definition) is 5. The topological polar surface area (TPSA) is 60.0 Å². The van der Waals surface area contributed by atoms with Crippen molar-refractivity contribution in [3.63, 3.8) is 0 Å². The highest BCUT2D eigenvalue weighted by atomic mass is 16.5. The number of anilines is 1. The summed E-state index contributed by atoms with van der Waals surface area (Å²) in [5.74, 6) is 2.26. The molecule has 1 amide bonds. The number of aryl methyl sites for hydroxylation is 1. The van der Waals surface area contributed by atoms with E-state index in [2.05, 4.69) is 35.6 Å². The lowest BCUT2D eigenvalue weighted by molar-refractivity contribution is -0.135. The van der Waals surface area contributed by atoms with Gasteiger partial charge >= 0.3 is 0 Å². The molecule has 0 fully saturated rings. The van der Waals surface area contributed by atoms with Crippen molar-refractivity contribution in [2.75, 3.05) is 26.1 Å². The van der Waals surface area contributed by atoms with Crippen LogP contribution >= 0.6 is 0 Å². The first-order valence-electron chi connectivity index (χ1n) is 13.7. The number of benzene rings is 4. The largest absolute Gasteiger partial charge is 0.493 e. The first kappa shape index (κ1) is 27.1. The molecule has 1 N–H and O–H groups in total. The highest BCUT2D eigenvalue weighted by Gasteiger charge is 2.27. The van der Waals surface area contributed by atoms with E-state index in [0.29, 0.717) is 50.5 Å². The van der Waals surface area contributed by atoms with E-state index in [-0.39, 0.29) is 11.9 Å². The summed E-state index contributed by atoms with van der Waals surface area (Å²) >= 11 is 0. The average molecular weight is 537 g/mol. The van der Waals surface area contributed by atoms with Crippen molar-refractivity contribution in [3.05, 3.63) is 119 Å². The Morgan fingerprint density at radius 3 is 2.38 bits per heavy atom. The minimum atomic E-state index is -0.153. The minimum absolute atomic E-state index is 0.0849. The Hall–Kier alpha value is -4.45. The van der Waals surface area contributed by atoms with Crippen LogP contribution in [-0.2, 0) is 30.7 Å². The number of nitrogens with one attached hydrogen (secondary N) is 1. The summed E-state index contributed by atoms with van der Waals surface area (Å²) < 4.78 is 17.3. The number of methoxy groups -OCH3 is 2. The van der Waals surface area contributed by atoms with Gasteiger partial charge in [-0.1, -0.05) is 72.8 Å². The second kappa shape index (κ2) is 13.1. The van der Waals surface area contributed by atoms with Crippen molar-refractivity contribution in [2.24, 2.45) is 0 Å². The fourth-order valence-corrected chi connectivity index (χ4v) is 5.18. The van der Waals surface area contributed by atoms with Gasteiger partial charge in [-0.3, -0.25) is 4.79 Å². The molecule has 1 heterocycles. The molecule has 0 saturated heterocycles. The Balaban J connectivity index is 1.47. The number of fused-ring (bicyclic) bond motifs is 2. The second-order valence-electron chi connectivity index (χ2n) is 9.98. The smallest absolute Gasteiger partial charge is 0.223 e. The summed E-state index contributed by atoms with van der Waals surface area (Å²) in [5, 5.41) is 3.58. The fourth-order valence-electron chi connectivity index (χ4n) is 5.18. The van der Waals surface area contributed by atoms with Crippen LogP contribution in [-0.4, -0.2) is 37.7 Å². The van der Waals surface area contributed by atoms with Crippen LogP contribution in [0.1, 0.15) is 28.7 Å². The van der Waals surface area contributed by atoms with Crippen LogP contribution in [0.2, 0.25) is 0 Å². The maximum absolute atomic E-state index is 14.0. The molecule has 206 valence electrons. The number of carbonyl (C=O) groups is 1. The van der Waals surface area contributed by atoms with E-state index in [9.17, 15) is 4.79 Å². The van der Waals surface area contributed by atoms with E-state index in [1.165, 1.54) is 5.56 Å². The van der Waals surface area contributed by atoms with Crippen molar-refractivity contribution in [3.8, 4) is 17.2 Å². The van der Waals surface area contributed by atoms with E-state index in [4.69, 9.17) is 14.2 Å². The van der Waals surface area contributed by atoms with E-state index >= 15 is 0 Å². The molecule has 0 unspecified atom stereocenters. The van der Waals surface area contributed by atoms with Crippen LogP contribution in [0.3, 0.4) is 0 Å². The molecule has 1 aliphatic rings. The molecular weight excluding hydrogens is 500 g/mol. The maximum Gasteiger partial charge on any atom is 0.223 e. The van der Waals surface area contributed by atoms with E-state index in [1.54, 1.807) is 14.2 Å². The molecule has 40 heavy (non-hydrogen) atoms.